The van der Waals surface area contributed by atoms with Gasteiger partial charge in [0.15, 0.2) is 18.1 Å². The van der Waals surface area contributed by atoms with E-state index in [1.54, 1.807) is 48.5 Å². The summed E-state index contributed by atoms with van der Waals surface area (Å²) in [6.45, 7) is 5.36. The van der Waals surface area contributed by atoms with Crippen molar-refractivity contribution in [3.63, 3.8) is 0 Å². The molecule has 0 aliphatic heterocycles. The van der Waals surface area contributed by atoms with Crippen LogP contribution in [0.4, 0.5) is 0 Å². The molecule has 180 valence electrons. The van der Waals surface area contributed by atoms with Crippen LogP contribution in [0, 0.1) is 6.92 Å². The van der Waals surface area contributed by atoms with Gasteiger partial charge in [-0.1, -0.05) is 45.8 Å². The molecule has 7 nitrogen and oxygen atoms in total. The lowest BCUT2D eigenvalue weighted by Gasteiger charge is -2.11. The maximum atomic E-state index is 12.5. The van der Waals surface area contributed by atoms with Crippen LogP contribution in [0.2, 0.25) is 0 Å². The summed E-state index contributed by atoms with van der Waals surface area (Å²) >= 11 is 3.39. The molecule has 0 saturated heterocycles. The summed E-state index contributed by atoms with van der Waals surface area (Å²) < 4.78 is 17.2. The lowest BCUT2D eigenvalue weighted by molar-refractivity contribution is -0.123. The van der Waals surface area contributed by atoms with Gasteiger partial charge in [0.1, 0.15) is 5.75 Å². The molecule has 8 heteroatoms. The minimum absolute atomic E-state index is 0.262. The van der Waals surface area contributed by atoms with Gasteiger partial charge in [0.2, 0.25) is 0 Å². The van der Waals surface area contributed by atoms with Crippen LogP contribution in [0.5, 0.6) is 17.2 Å². The Bertz CT molecular complexity index is 1260. The quantitative estimate of drug-likeness (QED) is 0.126. The van der Waals surface area contributed by atoms with E-state index in [-0.39, 0.29) is 6.61 Å². The third kappa shape index (κ3) is 7.55. The maximum Gasteiger partial charge on any atom is 0.343 e. The SMILES string of the molecule is C=CCc1ccc(OCC(=O)NN=Cc2cc(Br)ccc2OC(=O)c2cccc(C)c2)c(OC)c1. The Kier molecular flexibility index (Phi) is 9.20. The molecule has 0 aliphatic carbocycles. The predicted octanol–water partition coefficient (Wildman–Crippen LogP) is 5.24. The van der Waals surface area contributed by atoms with Crippen molar-refractivity contribution in [2.45, 2.75) is 13.3 Å². The van der Waals surface area contributed by atoms with Gasteiger partial charge in [0.25, 0.3) is 5.91 Å². The first kappa shape index (κ1) is 25.7. The van der Waals surface area contributed by atoms with Crippen molar-refractivity contribution < 1.29 is 23.8 Å². The van der Waals surface area contributed by atoms with Crippen LogP contribution in [-0.4, -0.2) is 31.8 Å². The number of nitrogens with one attached hydrogen (secondary N) is 1. The van der Waals surface area contributed by atoms with E-state index in [4.69, 9.17) is 14.2 Å². The van der Waals surface area contributed by atoms with Gasteiger partial charge >= 0.3 is 5.97 Å². The summed E-state index contributed by atoms with van der Waals surface area (Å²) in [7, 11) is 1.53. The topological polar surface area (TPSA) is 86.2 Å². The highest BCUT2D eigenvalue weighted by Crippen LogP contribution is 2.28. The number of nitrogens with zero attached hydrogens (tertiary/aromatic N) is 1. The number of amides is 1. The Morgan fingerprint density at radius 2 is 1.86 bits per heavy atom. The summed E-state index contributed by atoms with van der Waals surface area (Å²) in [5.41, 5.74) is 5.32. The van der Waals surface area contributed by atoms with E-state index >= 15 is 0 Å². The highest BCUT2D eigenvalue weighted by molar-refractivity contribution is 9.10. The number of carbonyl (C=O) groups is 2. The summed E-state index contributed by atoms with van der Waals surface area (Å²) in [5.74, 6) is 0.313. The van der Waals surface area contributed by atoms with Crippen LogP contribution in [0.3, 0.4) is 0 Å². The van der Waals surface area contributed by atoms with Crippen LogP contribution in [-0.2, 0) is 11.2 Å². The normalized spacial score (nSPS) is 10.6. The van der Waals surface area contributed by atoms with E-state index in [1.807, 2.05) is 25.1 Å². The Morgan fingerprint density at radius 1 is 1.06 bits per heavy atom. The van der Waals surface area contributed by atoms with Crippen molar-refractivity contribution in [2.75, 3.05) is 13.7 Å². The number of esters is 1. The van der Waals surface area contributed by atoms with Crippen molar-refractivity contribution in [2.24, 2.45) is 5.10 Å². The largest absolute Gasteiger partial charge is 0.493 e. The fraction of sp³-hybridized carbons (Fsp3) is 0.148. The summed E-state index contributed by atoms with van der Waals surface area (Å²) in [6, 6.07) is 17.7. The number of allylic oxidation sites excluding steroid dienone is 1. The predicted molar refractivity (Wildman–Crippen MR) is 138 cm³/mol. The van der Waals surface area contributed by atoms with Crippen molar-refractivity contribution in [3.05, 3.63) is 100 Å². The van der Waals surface area contributed by atoms with Gasteiger partial charge in [-0.15, -0.1) is 6.58 Å². The average Bonchev–Trinajstić information content (AvgIpc) is 2.84. The first-order valence-electron chi connectivity index (χ1n) is 10.7. The standard InChI is InChI=1S/C27H25BrN2O5/c1-4-6-19-9-11-24(25(14-19)33-3)34-17-26(31)30-29-16-21-15-22(28)10-12-23(21)35-27(32)20-8-5-7-18(2)13-20/h4-5,7-16H,1,6,17H2,2-3H3,(H,30,31). The van der Waals surface area contributed by atoms with Gasteiger partial charge < -0.3 is 14.2 Å². The fourth-order valence-electron chi connectivity index (χ4n) is 3.12. The zero-order valence-electron chi connectivity index (χ0n) is 19.4. The van der Waals surface area contributed by atoms with Crippen molar-refractivity contribution in [3.8, 4) is 17.2 Å². The highest BCUT2D eigenvalue weighted by atomic mass is 79.9. The molecule has 1 N–H and O–H groups in total. The van der Waals surface area contributed by atoms with Crippen LogP contribution in [0.1, 0.15) is 27.0 Å². The second kappa shape index (κ2) is 12.5. The number of hydrogen-bond donors (Lipinski definition) is 1. The maximum absolute atomic E-state index is 12.5. The number of hydrogen-bond acceptors (Lipinski definition) is 6. The third-order valence-corrected chi connectivity index (χ3v) is 5.28. The van der Waals surface area contributed by atoms with Crippen LogP contribution < -0.4 is 19.6 Å². The summed E-state index contributed by atoms with van der Waals surface area (Å²) in [5, 5.41) is 3.97. The molecule has 3 rings (SSSR count). The number of aryl methyl sites for hydroxylation is 1. The lowest BCUT2D eigenvalue weighted by atomic mass is 10.1. The van der Waals surface area contributed by atoms with Crippen molar-refractivity contribution in [1.82, 2.24) is 5.43 Å². The molecule has 0 atom stereocenters. The average molecular weight is 537 g/mol. The van der Waals surface area contributed by atoms with Crippen molar-refractivity contribution in [1.29, 1.82) is 0 Å². The molecule has 3 aromatic rings. The second-order valence-electron chi connectivity index (χ2n) is 7.50. The lowest BCUT2D eigenvalue weighted by Crippen LogP contribution is -2.24. The van der Waals surface area contributed by atoms with Gasteiger partial charge in [0, 0.05) is 10.0 Å². The summed E-state index contributed by atoms with van der Waals surface area (Å²) in [4.78, 5) is 24.8. The van der Waals surface area contributed by atoms with Gasteiger partial charge in [-0.2, -0.15) is 5.10 Å². The van der Waals surface area contributed by atoms with Gasteiger partial charge in [-0.05, 0) is 61.4 Å². The monoisotopic (exact) mass is 536 g/mol. The van der Waals surface area contributed by atoms with E-state index in [1.165, 1.54) is 13.3 Å². The molecule has 0 aliphatic rings. The molecule has 35 heavy (non-hydrogen) atoms. The molecule has 0 aromatic heterocycles. The number of ether oxygens (including phenoxy) is 3. The molecular weight excluding hydrogens is 512 g/mol. The van der Waals surface area contributed by atoms with E-state index in [2.05, 4.69) is 33.0 Å². The zero-order valence-corrected chi connectivity index (χ0v) is 21.0. The smallest absolute Gasteiger partial charge is 0.343 e. The van der Waals surface area contributed by atoms with E-state index in [9.17, 15) is 9.59 Å². The molecule has 0 heterocycles. The molecule has 0 radical (unpaired) electrons. The first-order chi connectivity index (χ1) is 16.9. The van der Waals surface area contributed by atoms with Crippen LogP contribution >= 0.6 is 15.9 Å². The third-order valence-electron chi connectivity index (χ3n) is 4.79. The Hall–Kier alpha value is -3.91. The molecule has 3 aromatic carbocycles. The Morgan fingerprint density at radius 3 is 2.60 bits per heavy atom. The molecule has 0 bridgehead atoms. The van der Waals surface area contributed by atoms with Crippen molar-refractivity contribution >= 4 is 34.0 Å². The minimum atomic E-state index is -0.490. The van der Waals surface area contributed by atoms with Crippen LogP contribution in [0.15, 0.2) is 82.9 Å². The zero-order chi connectivity index (χ0) is 25.2. The molecule has 0 unspecified atom stereocenters. The highest BCUT2D eigenvalue weighted by Gasteiger charge is 2.12. The van der Waals surface area contributed by atoms with E-state index in [0.29, 0.717) is 34.8 Å². The van der Waals surface area contributed by atoms with E-state index in [0.717, 1.165) is 15.6 Å². The number of methoxy groups -OCH3 is 1. The van der Waals surface area contributed by atoms with Gasteiger partial charge in [-0.3, -0.25) is 4.79 Å². The van der Waals surface area contributed by atoms with Crippen LogP contribution in [0.25, 0.3) is 0 Å². The molecule has 0 fully saturated rings. The van der Waals surface area contributed by atoms with Gasteiger partial charge in [-0.25, -0.2) is 10.2 Å². The second-order valence-corrected chi connectivity index (χ2v) is 8.42. The number of carbonyl (C=O) groups excluding carboxylic acids is 2. The number of rotatable bonds is 10. The molecule has 0 spiro atoms. The molecular formula is C27H25BrN2O5. The Labute approximate surface area is 212 Å². The number of halogens is 1. The molecule has 1 amide bonds. The fourth-order valence-corrected chi connectivity index (χ4v) is 3.50. The van der Waals surface area contributed by atoms with Gasteiger partial charge in [0.05, 0.1) is 18.9 Å². The molecule has 0 saturated carbocycles. The Balaban J connectivity index is 1.62. The number of hydrazone groups is 1. The summed E-state index contributed by atoms with van der Waals surface area (Å²) in [6.07, 6.45) is 3.89. The number of benzene rings is 3. The van der Waals surface area contributed by atoms with E-state index < -0.39 is 11.9 Å². The first-order valence-corrected chi connectivity index (χ1v) is 11.5. The minimum Gasteiger partial charge on any atom is -0.493 e.